The molecule has 0 bridgehead atoms. The summed E-state index contributed by atoms with van der Waals surface area (Å²) < 4.78 is 3.61. The molecule has 4 nitrogen and oxygen atoms in total. The van der Waals surface area contributed by atoms with Gasteiger partial charge in [-0.25, -0.2) is 4.57 Å². The standard InChI is InChI=1S/C6H11N2O.H2O/c1-3-9-8-5-4-7(2)6-8;/h4-6H,3H2,1-2H3;1H2/q+1;/p-1. The van der Waals surface area contributed by atoms with E-state index >= 15 is 0 Å². The summed E-state index contributed by atoms with van der Waals surface area (Å²) in [4.78, 5) is 5.12. The summed E-state index contributed by atoms with van der Waals surface area (Å²) in [6, 6.07) is 0. The Morgan fingerprint density at radius 3 is 2.70 bits per heavy atom. The fraction of sp³-hybridized carbons (Fsp3) is 0.500. The number of hydrogen-bond acceptors (Lipinski definition) is 2. The molecule has 0 fully saturated rings. The van der Waals surface area contributed by atoms with Crippen LogP contribution < -0.4 is 9.40 Å². The van der Waals surface area contributed by atoms with Crippen LogP contribution in [-0.4, -0.2) is 16.8 Å². The van der Waals surface area contributed by atoms with Gasteiger partial charge in [0.1, 0.15) is 12.8 Å². The number of hydrogen-bond donors (Lipinski definition) is 0. The SMILES string of the molecule is CCOn1cc[n+](C)c1.[OH-]. The van der Waals surface area contributed by atoms with E-state index in [1.807, 2.05) is 37.3 Å². The van der Waals surface area contributed by atoms with Gasteiger partial charge in [0.25, 0.3) is 6.33 Å². The third kappa shape index (κ3) is 2.06. The molecule has 1 rings (SSSR count). The molecule has 0 amide bonds. The Morgan fingerprint density at radius 1 is 1.60 bits per heavy atom. The largest absolute Gasteiger partial charge is 0.870 e. The van der Waals surface area contributed by atoms with Gasteiger partial charge in [0, 0.05) is 0 Å². The van der Waals surface area contributed by atoms with E-state index in [1.165, 1.54) is 0 Å². The van der Waals surface area contributed by atoms with E-state index in [2.05, 4.69) is 0 Å². The summed E-state index contributed by atoms with van der Waals surface area (Å²) in [6.45, 7) is 2.66. The molecule has 1 N–H and O–H groups in total. The molecule has 10 heavy (non-hydrogen) atoms. The average Bonchev–Trinajstić information content (AvgIpc) is 2.17. The minimum Gasteiger partial charge on any atom is -0.870 e. The molecule has 1 aromatic rings. The van der Waals surface area contributed by atoms with Gasteiger partial charge in [-0.15, -0.1) is 0 Å². The van der Waals surface area contributed by atoms with E-state index in [9.17, 15) is 0 Å². The molecule has 0 atom stereocenters. The van der Waals surface area contributed by atoms with Crippen molar-refractivity contribution in [3.63, 3.8) is 0 Å². The Hall–Kier alpha value is -1.03. The lowest BCUT2D eigenvalue weighted by Gasteiger charge is -1.90. The predicted molar refractivity (Wildman–Crippen MR) is 34.7 cm³/mol. The lowest BCUT2D eigenvalue weighted by atomic mass is 10.9. The van der Waals surface area contributed by atoms with Gasteiger partial charge in [-0.1, -0.05) is 4.73 Å². The molecule has 0 aliphatic carbocycles. The number of aryl methyl sites for hydroxylation is 1. The molecule has 0 spiro atoms. The fourth-order valence-corrected chi connectivity index (χ4v) is 0.653. The quantitative estimate of drug-likeness (QED) is 0.529. The monoisotopic (exact) mass is 144 g/mol. The van der Waals surface area contributed by atoms with Crippen molar-refractivity contribution in [2.45, 2.75) is 6.92 Å². The zero-order valence-corrected chi connectivity index (χ0v) is 6.19. The van der Waals surface area contributed by atoms with Crippen LogP contribution in [0.5, 0.6) is 0 Å². The van der Waals surface area contributed by atoms with Crippen LogP contribution >= 0.6 is 0 Å². The van der Waals surface area contributed by atoms with Crippen LogP contribution in [-0.2, 0) is 7.05 Å². The van der Waals surface area contributed by atoms with Crippen molar-refractivity contribution in [2.75, 3.05) is 6.61 Å². The van der Waals surface area contributed by atoms with Crippen molar-refractivity contribution in [2.24, 2.45) is 7.05 Å². The molecule has 0 unspecified atom stereocenters. The second-order valence-corrected chi connectivity index (χ2v) is 1.86. The summed E-state index contributed by atoms with van der Waals surface area (Å²) >= 11 is 0. The van der Waals surface area contributed by atoms with Crippen molar-refractivity contribution in [3.8, 4) is 0 Å². The van der Waals surface area contributed by atoms with E-state index in [0.29, 0.717) is 6.61 Å². The van der Waals surface area contributed by atoms with Gasteiger partial charge in [0.2, 0.25) is 0 Å². The number of nitrogens with zero attached hydrogens (tertiary/aromatic N) is 2. The first-order valence-electron chi connectivity index (χ1n) is 2.99. The molecule has 4 heteroatoms. The van der Waals surface area contributed by atoms with Crippen LogP contribution in [0.1, 0.15) is 6.92 Å². The zero-order valence-electron chi connectivity index (χ0n) is 6.19. The highest BCUT2D eigenvalue weighted by atomic mass is 16.7. The van der Waals surface area contributed by atoms with Gasteiger partial charge in [0.05, 0.1) is 7.05 Å². The number of imidazole rings is 1. The average molecular weight is 144 g/mol. The summed E-state index contributed by atoms with van der Waals surface area (Å²) in [5.41, 5.74) is 0. The van der Waals surface area contributed by atoms with E-state index in [4.69, 9.17) is 4.84 Å². The van der Waals surface area contributed by atoms with Gasteiger partial charge in [0.15, 0.2) is 6.20 Å². The molecule has 0 aliphatic heterocycles. The number of rotatable bonds is 2. The second kappa shape index (κ2) is 3.90. The summed E-state index contributed by atoms with van der Waals surface area (Å²) in [5, 5.41) is 0. The normalized spacial score (nSPS) is 8.60. The Bertz CT molecular complexity index is 186. The van der Waals surface area contributed by atoms with Crippen molar-refractivity contribution >= 4 is 0 Å². The molecular weight excluding hydrogens is 132 g/mol. The van der Waals surface area contributed by atoms with Gasteiger partial charge < -0.3 is 10.3 Å². The highest BCUT2D eigenvalue weighted by Gasteiger charge is 1.96. The van der Waals surface area contributed by atoms with E-state index in [0.717, 1.165) is 0 Å². The highest BCUT2D eigenvalue weighted by molar-refractivity contribution is 4.59. The first kappa shape index (κ1) is 8.97. The lowest BCUT2D eigenvalue weighted by molar-refractivity contribution is -0.672. The highest BCUT2D eigenvalue weighted by Crippen LogP contribution is 1.75. The zero-order chi connectivity index (χ0) is 6.69. The molecule has 0 aromatic carbocycles. The van der Waals surface area contributed by atoms with Gasteiger partial charge in [-0.05, 0) is 6.92 Å². The summed E-state index contributed by atoms with van der Waals surface area (Å²) in [6.07, 6.45) is 5.66. The van der Waals surface area contributed by atoms with Crippen LogP contribution in [0.25, 0.3) is 0 Å². The Labute approximate surface area is 59.9 Å². The first-order chi connectivity index (χ1) is 4.33. The third-order valence-electron chi connectivity index (χ3n) is 1.02. The van der Waals surface area contributed by atoms with Gasteiger partial charge in [-0.3, -0.25) is 0 Å². The second-order valence-electron chi connectivity index (χ2n) is 1.86. The topological polar surface area (TPSA) is 48.0 Å². The van der Waals surface area contributed by atoms with Crippen LogP contribution in [0.15, 0.2) is 18.7 Å². The Kier molecular flexibility index (Phi) is 3.49. The molecule has 0 aliphatic rings. The minimum absolute atomic E-state index is 0. The van der Waals surface area contributed by atoms with E-state index < -0.39 is 0 Å². The van der Waals surface area contributed by atoms with Crippen LogP contribution in [0.4, 0.5) is 0 Å². The maximum atomic E-state index is 5.12. The Balaban J connectivity index is 0.000000810. The summed E-state index contributed by atoms with van der Waals surface area (Å²) in [5.74, 6) is 0. The lowest BCUT2D eigenvalue weighted by Crippen LogP contribution is -2.24. The molecule has 0 saturated carbocycles. The van der Waals surface area contributed by atoms with Crippen molar-refractivity contribution in [1.82, 2.24) is 4.73 Å². The molecule has 58 valence electrons. The molecule has 0 saturated heterocycles. The predicted octanol–water partition coefficient (Wildman–Crippen LogP) is -0.416. The van der Waals surface area contributed by atoms with E-state index in [-0.39, 0.29) is 5.48 Å². The molecule has 0 radical (unpaired) electrons. The smallest absolute Gasteiger partial charge is 0.284 e. The minimum atomic E-state index is 0. The molecular formula is C6H12N2O2. The third-order valence-corrected chi connectivity index (χ3v) is 1.02. The first-order valence-corrected chi connectivity index (χ1v) is 2.99. The van der Waals surface area contributed by atoms with Crippen molar-refractivity contribution < 1.29 is 14.9 Å². The molecule has 1 heterocycles. The Morgan fingerprint density at radius 2 is 2.30 bits per heavy atom. The van der Waals surface area contributed by atoms with E-state index in [1.54, 1.807) is 4.73 Å². The van der Waals surface area contributed by atoms with Gasteiger partial charge >= 0.3 is 0 Å². The fourth-order valence-electron chi connectivity index (χ4n) is 0.653. The van der Waals surface area contributed by atoms with Crippen LogP contribution in [0, 0.1) is 0 Å². The van der Waals surface area contributed by atoms with Crippen molar-refractivity contribution in [3.05, 3.63) is 18.7 Å². The maximum Gasteiger partial charge on any atom is 0.284 e. The van der Waals surface area contributed by atoms with Crippen LogP contribution in [0.2, 0.25) is 0 Å². The molecule has 1 aromatic heterocycles. The van der Waals surface area contributed by atoms with Crippen LogP contribution in [0.3, 0.4) is 0 Å². The summed E-state index contributed by atoms with van der Waals surface area (Å²) in [7, 11) is 1.95. The maximum absolute atomic E-state index is 5.12. The van der Waals surface area contributed by atoms with Crippen molar-refractivity contribution in [1.29, 1.82) is 0 Å². The van der Waals surface area contributed by atoms with Gasteiger partial charge in [-0.2, -0.15) is 0 Å². The number of aromatic nitrogens is 2.